The summed E-state index contributed by atoms with van der Waals surface area (Å²) in [6.45, 7) is 2.39. The quantitative estimate of drug-likeness (QED) is 0.573. The van der Waals surface area contributed by atoms with Crippen LogP contribution in [0, 0.1) is 17.0 Å². The summed E-state index contributed by atoms with van der Waals surface area (Å²) in [5.41, 5.74) is 2.14. The molecule has 0 spiro atoms. The fraction of sp³-hybridized carbons (Fsp3) is 0.316. The van der Waals surface area contributed by atoms with E-state index in [1.54, 1.807) is 11.0 Å². The number of methoxy groups -OCH3 is 1. The molecule has 0 bridgehead atoms. The van der Waals surface area contributed by atoms with Crippen molar-refractivity contribution in [2.45, 2.75) is 24.7 Å². The summed E-state index contributed by atoms with van der Waals surface area (Å²) < 4.78 is 29.0. The Balaban J connectivity index is 2.12. The fourth-order valence-corrected chi connectivity index (χ4v) is 4.31. The molecule has 0 saturated heterocycles. The number of carbonyl (C=O) groups is 1. The van der Waals surface area contributed by atoms with E-state index in [9.17, 15) is 23.3 Å². The number of amides is 1. The van der Waals surface area contributed by atoms with Crippen LogP contribution >= 0.6 is 0 Å². The molecule has 1 amide bonds. The third kappa shape index (κ3) is 3.45. The number of nitrogens with zero attached hydrogens (tertiary/aromatic N) is 2. The van der Waals surface area contributed by atoms with E-state index in [0.29, 0.717) is 18.0 Å². The molecule has 9 heteroatoms. The van der Waals surface area contributed by atoms with Crippen LogP contribution in [-0.4, -0.2) is 39.2 Å². The third-order valence-corrected chi connectivity index (χ3v) is 5.97. The van der Waals surface area contributed by atoms with Crippen LogP contribution in [0.15, 0.2) is 35.2 Å². The van der Waals surface area contributed by atoms with Crippen molar-refractivity contribution < 1.29 is 22.9 Å². The number of ether oxygens (including phenoxy) is 1. The Hall–Kier alpha value is -2.94. The Kier molecular flexibility index (Phi) is 5.12. The second-order valence-corrected chi connectivity index (χ2v) is 8.67. The third-order valence-electron chi connectivity index (χ3n) is 4.83. The predicted molar refractivity (Wildman–Crippen MR) is 104 cm³/mol. The van der Waals surface area contributed by atoms with E-state index in [0.717, 1.165) is 42.4 Å². The lowest BCUT2D eigenvalue weighted by Crippen LogP contribution is -2.36. The molecular formula is C19H20N2O6S. The Morgan fingerprint density at radius 2 is 1.96 bits per heavy atom. The smallest absolute Gasteiger partial charge is 0.288 e. The van der Waals surface area contributed by atoms with Crippen LogP contribution in [0.1, 0.15) is 27.9 Å². The molecule has 0 N–H and O–H groups in total. The van der Waals surface area contributed by atoms with E-state index in [2.05, 4.69) is 0 Å². The lowest BCUT2D eigenvalue weighted by molar-refractivity contribution is -0.387. The average molecular weight is 404 g/mol. The van der Waals surface area contributed by atoms with E-state index < -0.39 is 31.3 Å². The van der Waals surface area contributed by atoms with Crippen molar-refractivity contribution in [3.8, 4) is 5.75 Å². The van der Waals surface area contributed by atoms with Gasteiger partial charge in [-0.2, -0.15) is 0 Å². The lowest BCUT2D eigenvalue weighted by Gasteiger charge is -2.32. The number of anilines is 1. The molecule has 2 aromatic rings. The highest BCUT2D eigenvalue weighted by Gasteiger charge is 2.30. The highest BCUT2D eigenvalue weighted by atomic mass is 32.2. The van der Waals surface area contributed by atoms with E-state index in [-0.39, 0.29) is 5.56 Å². The molecule has 3 rings (SSSR count). The first-order chi connectivity index (χ1) is 13.1. The summed E-state index contributed by atoms with van der Waals surface area (Å²) >= 11 is 0. The molecular weight excluding hydrogens is 384 g/mol. The summed E-state index contributed by atoms with van der Waals surface area (Å²) in [6, 6.07) is 7.16. The van der Waals surface area contributed by atoms with Gasteiger partial charge in [0.25, 0.3) is 11.6 Å². The molecule has 8 nitrogen and oxygen atoms in total. The van der Waals surface area contributed by atoms with Gasteiger partial charge in [-0.05, 0) is 49.1 Å². The van der Waals surface area contributed by atoms with Crippen LogP contribution in [0.4, 0.5) is 11.4 Å². The zero-order valence-electron chi connectivity index (χ0n) is 15.8. The molecule has 0 saturated carbocycles. The maximum Gasteiger partial charge on any atom is 0.288 e. The number of benzene rings is 2. The average Bonchev–Trinajstić information content (AvgIpc) is 2.66. The number of hydrogen-bond donors (Lipinski definition) is 0. The number of sulfone groups is 1. The van der Waals surface area contributed by atoms with Crippen LogP contribution in [0.2, 0.25) is 0 Å². The van der Waals surface area contributed by atoms with E-state index in [1.807, 2.05) is 13.0 Å². The Morgan fingerprint density at radius 3 is 2.57 bits per heavy atom. The first-order valence-electron chi connectivity index (χ1n) is 8.62. The van der Waals surface area contributed by atoms with Gasteiger partial charge in [0.15, 0.2) is 9.84 Å². The van der Waals surface area contributed by atoms with Gasteiger partial charge in [-0.1, -0.05) is 6.07 Å². The zero-order valence-corrected chi connectivity index (χ0v) is 16.6. The van der Waals surface area contributed by atoms with Crippen molar-refractivity contribution in [2.75, 3.05) is 24.8 Å². The summed E-state index contributed by atoms with van der Waals surface area (Å²) in [6.07, 6.45) is 2.44. The molecule has 0 fully saturated rings. The van der Waals surface area contributed by atoms with Crippen molar-refractivity contribution in [3.63, 3.8) is 0 Å². The molecule has 1 heterocycles. The van der Waals surface area contributed by atoms with Gasteiger partial charge < -0.3 is 9.64 Å². The summed E-state index contributed by atoms with van der Waals surface area (Å²) in [5.74, 6) is 0.115. The van der Waals surface area contributed by atoms with Crippen molar-refractivity contribution in [2.24, 2.45) is 0 Å². The normalized spacial score (nSPS) is 13.8. The number of rotatable bonds is 4. The van der Waals surface area contributed by atoms with Crippen LogP contribution < -0.4 is 9.64 Å². The first kappa shape index (κ1) is 19.8. The summed E-state index contributed by atoms with van der Waals surface area (Å²) in [5, 5.41) is 11.4. The number of fused-ring (bicyclic) bond motifs is 1. The Labute approximate surface area is 162 Å². The molecule has 0 unspecified atom stereocenters. The van der Waals surface area contributed by atoms with Crippen LogP contribution in [0.25, 0.3) is 0 Å². The number of aryl methyl sites for hydroxylation is 1. The number of carbonyl (C=O) groups excluding carboxylic acids is 1. The largest absolute Gasteiger partial charge is 0.495 e. The molecule has 0 atom stereocenters. The molecule has 0 aromatic heterocycles. The number of nitro benzene ring substituents is 1. The van der Waals surface area contributed by atoms with Crippen LogP contribution in [0.3, 0.4) is 0 Å². The SMILES string of the molecule is COc1ccc(C)c2c1N(C(=O)c1ccc(S(C)(=O)=O)c([N+](=O)[O-])c1)CCC2. The monoisotopic (exact) mass is 404 g/mol. The second-order valence-electron chi connectivity index (χ2n) is 6.68. The van der Waals surface area contributed by atoms with Crippen LogP contribution in [0.5, 0.6) is 5.75 Å². The summed E-state index contributed by atoms with van der Waals surface area (Å²) in [4.78, 5) is 24.9. The van der Waals surface area contributed by atoms with Gasteiger partial charge in [0.2, 0.25) is 0 Å². The minimum Gasteiger partial charge on any atom is -0.495 e. The molecule has 28 heavy (non-hydrogen) atoms. The van der Waals surface area contributed by atoms with E-state index in [4.69, 9.17) is 4.74 Å². The van der Waals surface area contributed by atoms with Gasteiger partial charge in [-0.15, -0.1) is 0 Å². The molecule has 1 aliphatic rings. The molecule has 2 aromatic carbocycles. The molecule has 148 valence electrons. The van der Waals surface area contributed by atoms with Crippen molar-refractivity contribution in [3.05, 3.63) is 57.1 Å². The van der Waals surface area contributed by atoms with Gasteiger partial charge in [0.05, 0.1) is 17.7 Å². The minimum absolute atomic E-state index is 0.0514. The second kappa shape index (κ2) is 7.23. The van der Waals surface area contributed by atoms with Gasteiger partial charge in [0.1, 0.15) is 10.6 Å². The minimum atomic E-state index is -3.80. The first-order valence-corrected chi connectivity index (χ1v) is 10.5. The van der Waals surface area contributed by atoms with E-state index >= 15 is 0 Å². The van der Waals surface area contributed by atoms with Crippen LogP contribution in [-0.2, 0) is 16.3 Å². The van der Waals surface area contributed by atoms with Gasteiger partial charge in [0, 0.05) is 24.4 Å². The van der Waals surface area contributed by atoms with E-state index in [1.165, 1.54) is 13.2 Å². The van der Waals surface area contributed by atoms with Gasteiger partial charge in [-0.3, -0.25) is 14.9 Å². The zero-order chi connectivity index (χ0) is 20.6. The maximum absolute atomic E-state index is 13.2. The van der Waals surface area contributed by atoms with Crippen molar-refractivity contribution in [1.29, 1.82) is 0 Å². The Morgan fingerprint density at radius 1 is 1.25 bits per heavy atom. The number of hydrogen-bond acceptors (Lipinski definition) is 6. The highest BCUT2D eigenvalue weighted by Crippen LogP contribution is 2.39. The van der Waals surface area contributed by atoms with Crippen molar-refractivity contribution in [1.82, 2.24) is 0 Å². The van der Waals surface area contributed by atoms with Gasteiger partial charge >= 0.3 is 0 Å². The topological polar surface area (TPSA) is 107 Å². The molecule has 0 aliphatic carbocycles. The molecule has 0 radical (unpaired) electrons. The molecule has 1 aliphatic heterocycles. The number of nitro groups is 1. The maximum atomic E-state index is 13.2. The predicted octanol–water partition coefficient (Wildman–Crippen LogP) is 2.91. The lowest BCUT2D eigenvalue weighted by atomic mass is 9.95. The van der Waals surface area contributed by atoms with Crippen molar-refractivity contribution >= 4 is 27.1 Å². The fourth-order valence-electron chi connectivity index (χ4n) is 3.48. The summed E-state index contributed by atoms with van der Waals surface area (Å²) in [7, 11) is -2.28. The Bertz CT molecular complexity index is 1080. The highest BCUT2D eigenvalue weighted by molar-refractivity contribution is 7.90. The van der Waals surface area contributed by atoms with Gasteiger partial charge in [-0.25, -0.2) is 8.42 Å². The standard InChI is InChI=1S/C19H20N2O6S/c1-12-6-8-16(27-2)18-14(12)5-4-10-20(18)19(22)13-7-9-17(28(3,25)26)15(11-13)21(23)24/h6-9,11H,4-5,10H2,1-3H3.